The molecule has 2 heteroatoms. The van der Waals surface area contributed by atoms with Gasteiger partial charge in [-0.05, 0) is 143 Å². The zero-order chi connectivity index (χ0) is 33.8. The van der Waals surface area contributed by atoms with Crippen molar-refractivity contribution in [3.05, 3.63) is 138 Å². The van der Waals surface area contributed by atoms with E-state index in [1.165, 1.54) is 94.1 Å². The molecule has 252 valence electrons. The molecule has 1 nitrogen and oxygen atoms in total. The molecule has 4 fully saturated rings. The molecule has 0 aromatic heterocycles. The van der Waals surface area contributed by atoms with Gasteiger partial charge >= 0.3 is 0 Å². The maximum Gasteiger partial charge on any atom is 0.0604 e. The summed E-state index contributed by atoms with van der Waals surface area (Å²) in [5.41, 5.74) is 13.2. The maximum atomic E-state index is 2.60. The van der Waals surface area contributed by atoms with Crippen molar-refractivity contribution in [2.24, 2.45) is 23.7 Å². The fourth-order valence-electron chi connectivity index (χ4n) is 11.7. The summed E-state index contributed by atoms with van der Waals surface area (Å²) in [6.07, 6.45) is 9.44. The lowest BCUT2D eigenvalue weighted by Crippen LogP contribution is -2.57. The first-order valence-corrected chi connectivity index (χ1v) is 20.1. The third kappa shape index (κ3) is 4.46. The van der Waals surface area contributed by atoms with Crippen LogP contribution in [0.3, 0.4) is 0 Å². The van der Waals surface area contributed by atoms with Crippen LogP contribution in [-0.4, -0.2) is 0 Å². The van der Waals surface area contributed by atoms with Crippen LogP contribution in [0, 0.1) is 23.7 Å². The Morgan fingerprint density at radius 3 is 1.80 bits per heavy atom. The highest BCUT2D eigenvalue weighted by atomic mass is 32.2. The van der Waals surface area contributed by atoms with E-state index in [4.69, 9.17) is 0 Å². The first-order chi connectivity index (χ1) is 24.2. The van der Waals surface area contributed by atoms with E-state index in [1.807, 2.05) is 0 Å². The molecule has 4 bridgehead atoms. The van der Waals surface area contributed by atoms with Gasteiger partial charge in [0.15, 0.2) is 0 Å². The summed E-state index contributed by atoms with van der Waals surface area (Å²) in [4.78, 5) is 5.56. The Morgan fingerprint density at radius 1 is 0.520 bits per heavy atom. The number of rotatable bonds is 4. The van der Waals surface area contributed by atoms with Crippen molar-refractivity contribution >= 4 is 28.8 Å². The van der Waals surface area contributed by atoms with Gasteiger partial charge in [-0.1, -0.05) is 124 Å². The molecule has 0 atom stereocenters. The van der Waals surface area contributed by atoms with Gasteiger partial charge in [0.2, 0.25) is 0 Å². The molecule has 4 saturated carbocycles. The first kappa shape index (κ1) is 31.0. The summed E-state index contributed by atoms with van der Waals surface area (Å²) in [5, 5.41) is 0. The molecule has 5 aromatic rings. The van der Waals surface area contributed by atoms with Crippen LogP contribution >= 0.6 is 11.8 Å². The van der Waals surface area contributed by atoms with Crippen molar-refractivity contribution in [1.82, 2.24) is 0 Å². The second-order valence-electron chi connectivity index (χ2n) is 17.6. The number of para-hydroxylation sites is 1. The third-order valence-electron chi connectivity index (χ3n) is 14.0. The second-order valence-corrected chi connectivity index (χ2v) is 18.7. The quantitative estimate of drug-likeness (QED) is 0.187. The molecule has 6 aliphatic rings. The summed E-state index contributed by atoms with van der Waals surface area (Å²) in [6.45, 7) is 9.78. The van der Waals surface area contributed by atoms with Gasteiger partial charge in [-0.3, -0.25) is 0 Å². The predicted molar refractivity (Wildman–Crippen MR) is 210 cm³/mol. The molecule has 5 aromatic carbocycles. The third-order valence-corrected chi connectivity index (χ3v) is 15.2. The fraction of sp³-hybridized carbons (Fsp3) is 0.375. The van der Waals surface area contributed by atoms with Gasteiger partial charge in [-0.15, -0.1) is 0 Å². The van der Waals surface area contributed by atoms with E-state index in [1.54, 1.807) is 11.1 Å². The number of nitrogens with zero attached hydrogens (tertiary/aromatic N) is 1. The van der Waals surface area contributed by atoms with Crippen molar-refractivity contribution in [3.63, 3.8) is 0 Å². The van der Waals surface area contributed by atoms with Crippen LogP contribution in [0.5, 0.6) is 0 Å². The zero-order valence-electron chi connectivity index (χ0n) is 30.1. The van der Waals surface area contributed by atoms with E-state index in [-0.39, 0.29) is 16.2 Å². The van der Waals surface area contributed by atoms with Crippen LogP contribution < -0.4 is 4.90 Å². The molecule has 5 aliphatic carbocycles. The molecule has 1 aliphatic heterocycles. The Bertz CT molecular complexity index is 2080. The van der Waals surface area contributed by atoms with Crippen LogP contribution in [0.1, 0.15) is 94.9 Å². The van der Waals surface area contributed by atoms with Crippen LogP contribution in [0.2, 0.25) is 0 Å². The molecule has 0 amide bonds. The highest BCUT2D eigenvalue weighted by Crippen LogP contribution is 2.70. The van der Waals surface area contributed by atoms with Crippen molar-refractivity contribution in [2.45, 2.75) is 98.7 Å². The van der Waals surface area contributed by atoms with Gasteiger partial charge in [0.25, 0.3) is 0 Å². The maximum absolute atomic E-state index is 2.60. The molecule has 11 rings (SSSR count). The van der Waals surface area contributed by atoms with Crippen LogP contribution in [0.15, 0.2) is 125 Å². The number of hydrogen-bond acceptors (Lipinski definition) is 2. The van der Waals surface area contributed by atoms with E-state index >= 15 is 0 Å². The minimum Gasteiger partial charge on any atom is -0.309 e. The Morgan fingerprint density at radius 2 is 1.12 bits per heavy atom. The topological polar surface area (TPSA) is 3.24 Å². The van der Waals surface area contributed by atoms with Gasteiger partial charge in [-0.2, -0.15) is 0 Å². The Hall–Kier alpha value is -3.75. The smallest absolute Gasteiger partial charge is 0.0604 e. The minimum atomic E-state index is 0.0639. The van der Waals surface area contributed by atoms with Gasteiger partial charge in [0, 0.05) is 26.6 Å². The monoisotopic (exact) mass is 671 g/mol. The van der Waals surface area contributed by atoms with Crippen molar-refractivity contribution in [3.8, 4) is 11.1 Å². The Balaban J connectivity index is 1.23. The van der Waals surface area contributed by atoms with E-state index in [2.05, 4.69) is 160 Å². The Kier molecular flexibility index (Phi) is 6.90. The lowest BCUT2D eigenvalue weighted by molar-refractivity contribution is -0.0443. The lowest BCUT2D eigenvalue weighted by Gasteiger charge is -2.63. The summed E-state index contributed by atoms with van der Waals surface area (Å²) >= 11 is 2.05. The minimum absolute atomic E-state index is 0.0639. The van der Waals surface area contributed by atoms with Gasteiger partial charge in [-0.25, -0.2) is 0 Å². The van der Waals surface area contributed by atoms with Crippen molar-refractivity contribution in [1.29, 1.82) is 0 Å². The van der Waals surface area contributed by atoms with E-state index in [0.29, 0.717) is 11.8 Å². The average molecular weight is 672 g/mol. The molecular weight excluding hydrogens is 623 g/mol. The van der Waals surface area contributed by atoms with Crippen molar-refractivity contribution < 1.29 is 0 Å². The van der Waals surface area contributed by atoms with Crippen LogP contribution in [0.25, 0.3) is 11.1 Å². The lowest BCUT2D eigenvalue weighted by atomic mass is 9.42. The molecule has 0 radical (unpaired) electrons. The zero-order valence-corrected chi connectivity index (χ0v) is 30.9. The predicted octanol–water partition coefficient (Wildman–Crippen LogP) is 13.4. The van der Waals surface area contributed by atoms with E-state index in [0.717, 1.165) is 11.8 Å². The number of fused-ring (bicyclic) bond motifs is 3. The van der Waals surface area contributed by atoms with Gasteiger partial charge in [0.05, 0.1) is 5.69 Å². The average Bonchev–Trinajstić information content (AvgIpc) is 3.12. The SMILES string of the molecule is CC1(C)CCC(C)(C)c2cc(N(c3ccccc3)c3cccc4c3Sc3c(-c5ccccc5)cccc3C43C4CC5CC(C4)CC3C5)ccc21. The summed E-state index contributed by atoms with van der Waals surface area (Å²) in [5.74, 6) is 3.23. The highest BCUT2D eigenvalue weighted by Gasteiger charge is 2.61. The highest BCUT2D eigenvalue weighted by molar-refractivity contribution is 7.99. The molecule has 1 spiro atoms. The summed E-state index contributed by atoms with van der Waals surface area (Å²) in [7, 11) is 0. The molecule has 1 heterocycles. The van der Waals surface area contributed by atoms with Crippen LogP contribution in [-0.2, 0) is 16.2 Å². The van der Waals surface area contributed by atoms with E-state index in [9.17, 15) is 0 Å². The fourth-order valence-corrected chi connectivity index (χ4v) is 13.2. The van der Waals surface area contributed by atoms with Crippen LogP contribution in [0.4, 0.5) is 17.1 Å². The second kappa shape index (κ2) is 11.1. The number of benzene rings is 5. The summed E-state index contributed by atoms with van der Waals surface area (Å²) < 4.78 is 0. The van der Waals surface area contributed by atoms with Gasteiger partial charge in [0.1, 0.15) is 0 Å². The largest absolute Gasteiger partial charge is 0.309 e. The molecular formula is C48H49NS. The van der Waals surface area contributed by atoms with Gasteiger partial charge < -0.3 is 4.90 Å². The Labute approximate surface area is 303 Å². The molecule has 0 saturated heterocycles. The number of anilines is 3. The first-order valence-electron chi connectivity index (χ1n) is 19.2. The summed E-state index contributed by atoms with van der Waals surface area (Å²) in [6, 6.07) is 44.5. The molecule has 50 heavy (non-hydrogen) atoms. The molecule has 0 unspecified atom stereocenters. The normalized spacial score (nSPS) is 27.8. The number of hydrogen-bond donors (Lipinski definition) is 0. The van der Waals surface area contributed by atoms with E-state index < -0.39 is 0 Å². The standard InChI is InChI=1S/C48H49NS/c1-46(2)23-24-47(3,4)42-30-37(21-22-39(42)46)49(36-15-9-6-10-16-36)43-20-12-19-41-45(43)50-44-38(33-13-7-5-8-14-33)17-11-18-40(44)48(41)34-26-31-25-32(28-34)29-35(48)27-31/h5-22,30-32,34-35H,23-29H2,1-4H3. The van der Waals surface area contributed by atoms with Crippen molar-refractivity contribution in [2.75, 3.05) is 4.90 Å². The molecule has 0 N–H and O–H groups in total.